The van der Waals surface area contributed by atoms with E-state index in [1.54, 1.807) is 33.0 Å². The van der Waals surface area contributed by atoms with Crippen LogP contribution in [0.4, 0.5) is 15.0 Å². The number of H-pyrrole nitrogens is 1. The summed E-state index contributed by atoms with van der Waals surface area (Å²) in [6.07, 6.45) is 3.42. The molecule has 8 nitrogen and oxygen atoms in total. The first kappa shape index (κ1) is 28.1. The average molecular weight is 717 g/mol. The Bertz CT molecular complexity index is 1270. The minimum absolute atomic E-state index is 0.347. The van der Waals surface area contributed by atoms with Crippen molar-refractivity contribution in [2.24, 2.45) is 0 Å². The van der Waals surface area contributed by atoms with E-state index < -0.39 is 11.7 Å². The van der Waals surface area contributed by atoms with Crippen LogP contribution in [0.25, 0.3) is 0 Å². The summed E-state index contributed by atoms with van der Waals surface area (Å²) in [5, 5.41) is 18.7. The molecule has 11 heteroatoms. The zero-order valence-corrected chi connectivity index (χ0v) is 24.4. The Kier molecular flexibility index (Phi) is 9.89. The van der Waals surface area contributed by atoms with Gasteiger partial charge < -0.3 is 9.47 Å². The van der Waals surface area contributed by atoms with Gasteiger partial charge in [0.15, 0.2) is 0 Å². The topological polar surface area (TPSA) is 113 Å². The van der Waals surface area contributed by atoms with Gasteiger partial charge in [-0.1, -0.05) is 0 Å². The van der Waals surface area contributed by atoms with Gasteiger partial charge in [0.25, 0.3) is 0 Å². The monoisotopic (exact) mass is 717 g/mol. The van der Waals surface area contributed by atoms with Crippen LogP contribution in [0.2, 0.25) is 0 Å². The first-order valence-corrected chi connectivity index (χ1v) is 13.4. The van der Waals surface area contributed by atoms with Crippen molar-refractivity contribution in [3.8, 4) is 11.8 Å². The summed E-state index contributed by atoms with van der Waals surface area (Å²) in [5.74, 6) is 0.667. The number of carbonyl (C=O) groups is 1. The van der Waals surface area contributed by atoms with Crippen molar-refractivity contribution >= 4 is 57.1 Å². The number of hydrogen-bond acceptors (Lipinski definition) is 6. The molecule has 2 N–H and O–H groups in total. The molecule has 0 aliphatic rings. The molecule has 36 heavy (non-hydrogen) atoms. The number of aromatic nitrogens is 3. The van der Waals surface area contributed by atoms with Gasteiger partial charge in [0.1, 0.15) is 34.7 Å². The number of nitriles is 1. The lowest BCUT2D eigenvalue weighted by molar-refractivity contribution is 0.0635. The van der Waals surface area contributed by atoms with Crippen LogP contribution in [-0.2, 0) is 24.0 Å². The normalized spacial score (nSPS) is 11.1. The van der Waals surface area contributed by atoms with Crippen molar-refractivity contribution in [3.63, 3.8) is 0 Å². The number of rotatable bonds is 9. The van der Waals surface area contributed by atoms with Crippen molar-refractivity contribution in [2.45, 2.75) is 52.1 Å². The lowest BCUT2D eigenvalue weighted by Crippen LogP contribution is -2.28. The molecule has 0 saturated heterocycles. The number of nitrogens with one attached hydrogen (secondary N) is 2. The van der Waals surface area contributed by atoms with Crippen molar-refractivity contribution in [1.82, 2.24) is 15.2 Å². The highest BCUT2D eigenvalue weighted by Gasteiger charge is 2.18. The van der Waals surface area contributed by atoms with Crippen molar-refractivity contribution in [2.75, 3.05) is 11.9 Å². The number of hydrogen-bond donors (Lipinski definition) is 2. The third kappa shape index (κ3) is 8.29. The number of aryl methyl sites for hydroxylation is 3. The summed E-state index contributed by atoms with van der Waals surface area (Å²) in [6.45, 7) is 5.79. The van der Waals surface area contributed by atoms with E-state index in [-0.39, 0.29) is 5.82 Å². The van der Waals surface area contributed by atoms with Gasteiger partial charge in [-0.25, -0.2) is 14.2 Å². The third-order valence-electron chi connectivity index (χ3n) is 4.94. The summed E-state index contributed by atoms with van der Waals surface area (Å²) in [7, 11) is 0. The molecule has 0 fully saturated rings. The number of pyridine rings is 1. The number of carbonyl (C=O) groups excluding carboxylic acids is 1. The number of nitrogens with zero attached hydrogens (tertiary/aromatic N) is 3. The van der Waals surface area contributed by atoms with Crippen LogP contribution in [0.15, 0.2) is 30.5 Å². The Balaban J connectivity index is 1.65. The van der Waals surface area contributed by atoms with E-state index in [1.807, 2.05) is 6.07 Å². The second-order valence-corrected chi connectivity index (χ2v) is 11.3. The summed E-state index contributed by atoms with van der Waals surface area (Å²) < 4.78 is 27.1. The summed E-state index contributed by atoms with van der Waals surface area (Å²) >= 11 is 4.27. The largest absolute Gasteiger partial charge is 0.493 e. The molecule has 2 aromatic heterocycles. The van der Waals surface area contributed by atoms with Crippen molar-refractivity contribution in [3.05, 3.63) is 65.9 Å². The van der Waals surface area contributed by atoms with E-state index in [0.717, 1.165) is 24.0 Å². The van der Waals surface area contributed by atoms with Gasteiger partial charge in [-0.15, -0.1) is 0 Å². The van der Waals surface area contributed by atoms with E-state index in [9.17, 15) is 9.18 Å². The van der Waals surface area contributed by atoms with Gasteiger partial charge in [-0.3, -0.25) is 10.4 Å². The Labute approximate surface area is 236 Å². The molecule has 3 aromatic rings. The first-order chi connectivity index (χ1) is 17.1. The van der Waals surface area contributed by atoms with Gasteiger partial charge >= 0.3 is 6.09 Å². The number of benzene rings is 1. The van der Waals surface area contributed by atoms with Crippen molar-refractivity contribution in [1.29, 1.82) is 5.26 Å². The van der Waals surface area contributed by atoms with E-state index in [1.165, 1.54) is 12.1 Å². The lowest BCUT2D eigenvalue weighted by Gasteiger charge is -2.20. The van der Waals surface area contributed by atoms with Gasteiger partial charge in [0, 0.05) is 9.77 Å². The van der Waals surface area contributed by atoms with Gasteiger partial charge in [0.2, 0.25) is 0 Å². The maximum atomic E-state index is 14.1. The lowest BCUT2D eigenvalue weighted by atomic mass is 10.0. The molecule has 0 radical (unpaired) electrons. The molecule has 0 aliphatic heterocycles. The number of anilines is 1. The second-order valence-electron chi connectivity index (χ2n) is 8.96. The number of ether oxygens (including phenoxy) is 2. The minimum Gasteiger partial charge on any atom is -0.493 e. The zero-order chi connectivity index (χ0) is 26.3. The Morgan fingerprint density at radius 2 is 1.94 bits per heavy atom. The van der Waals surface area contributed by atoms with Crippen LogP contribution in [0.1, 0.15) is 49.7 Å². The number of aromatic amines is 1. The molecular weight excluding hydrogens is 691 g/mol. The summed E-state index contributed by atoms with van der Waals surface area (Å²) in [6, 6.07) is 8.47. The fourth-order valence-electron chi connectivity index (χ4n) is 3.37. The van der Waals surface area contributed by atoms with Crippen LogP contribution in [0.5, 0.6) is 5.75 Å². The first-order valence-electron chi connectivity index (χ1n) is 11.2. The van der Waals surface area contributed by atoms with E-state index in [4.69, 9.17) is 14.7 Å². The molecular formula is C25H26FI2N5O3. The van der Waals surface area contributed by atoms with Crippen LogP contribution >= 0.6 is 45.2 Å². The van der Waals surface area contributed by atoms with Crippen LogP contribution in [0.3, 0.4) is 0 Å². The maximum Gasteiger partial charge on any atom is 0.413 e. The third-order valence-corrected chi connectivity index (χ3v) is 6.69. The fourth-order valence-corrected chi connectivity index (χ4v) is 4.51. The predicted molar refractivity (Wildman–Crippen MR) is 150 cm³/mol. The Hall–Kier alpha value is -2.47. The van der Waals surface area contributed by atoms with E-state index in [0.29, 0.717) is 49.6 Å². The molecule has 1 aromatic carbocycles. The van der Waals surface area contributed by atoms with Gasteiger partial charge in [0.05, 0.1) is 15.9 Å². The molecule has 0 atom stereocenters. The molecule has 3 rings (SSSR count). The molecule has 0 aliphatic carbocycles. The fraction of sp³-hybridized carbons (Fsp3) is 0.360. The van der Waals surface area contributed by atoms with Crippen molar-refractivity contribution < 1.29 is 18.7 Å². The second kappa shape index (κ2) is 12.7. The highest BCUT2D eigenvalue weighted by atomic mass is 127. The summed E-state index contributed by atoms with van der Waals surface area (Å²) in [4.78, 5) is 16.6. The molecule has 0 spiro atoms. The zero-order valence-electron chi connectivity index (χ0n) is 20.1. The molecule has 0 unspecified atom stereocenters. The standard InChI is InChI=1S/C25H26FI2N5O3/c1-25(2,3)36-24(34)31-23-16(12-18(27)14-30-23)7-6-15-11-17(26)8-9-21(15)35-10-4-5-19-22(28)20(13-29)33-32-19/h8-9,11-12,14H,4-7,10H2,1-3H3,(H,32,33)(H,30,31,34). The van der Waals surface area contributed by atoms with E-state index >= 15 is 0 Å². The maximum absolute atomic E-state index is 14.1. The van der Waals surface area contributed by atoms with Crippen LogP contribution in [0, 0.1) is 24.3 Å². The molecule has 0 saturated carbocycles. The number of amides is 1. The van der Waals surface area contributed by atoms with Crippen LogP contribution in [-0.4, -0.2) is 33.5 Å². The predicted octanol–water partition coefficient (Wildman–Crippen LogP) is 6.17. The summed E-state index contributed by atoms with van der Waals surface area (Å²) in [5.41, 5.74) is 2.18. The molecule has 2 heterocycles. The Morgan fingerprint density at radius 3 is 2.64 bits per heavy atom. The highest BCUT2D eigenvalue weighted by molar-refractivity contribution is 14.1. The van der Waals surface area contributed by atoms with Crippen LogP contribution < -0.4 is 10.1 Å². The SMILES string of the molecule is CC(C)(C)OC(=O)Nc1ncc(I)cc1CCc1cc(F)ccc1OCCCc1n[nH]c(C#N)c1I. The number of halogens is 3. The molecule has 190 valence electrons. The van der Waals surface area contributed by atoms with Gasteiger partial charge in [-0.05, 0) is 127 Å². The smallest absolute Gasteiger partial charge is 0.413 e. The quantitative estimate of drug-likeness (QED) is 0.203. The van der Waals surface area contributed by atoms with Gasteiger partial charge in [-0.2, -0.15) is 10.4 Å². The average Bonchev–Trinajstić information content (AvgIpc) is 3.16. The molecule has 1 amide bonds. The highest BCUT2D eigenvalue weighted by Crippen LogP contribution is 2.25. The minimum atomic E-state index is -0.630. The van der Waals surface area contributed by atoms with E-state index in [2.05, 4.69) is 71.7 Å². The Morgan fingerprint density at radius 1 is 1.19 bits per heavy atom. The molecule has 0 bridgehead atoms.